The van der Waals surface area contributed by atoms with Gasteiger partial charge in [0.05, 0.1) is 16.8 Å². The van der Waals surface area contributed by atoms with Crippen LogP contribution in [0.2, 0.25) is 0 Å². The smallest absolute Gasteiger partial charge is 0.137 e. The zero-order valence-corrected chi connectivity index (χ0v) is 35.6. The molecule has 0 radical (unpaired) electrons. The van der Waals surface area contributed by atoms with Gasteiger partial charge in [0, 0.05) is 23.0 Å². The van der Waals surface area contributed by atoms with Crippen LogP contribution in [0.1, 0.15) is 47.8 Å². The minimum absolute atomic E-state index is 0.0867. The quantitative estimate of drug-likeness (QED) is 0.153. The topological polar surface area (TPSA) is 25.8 Å². The summed E-state index contributed by atoms with van der Waals surface area (Å²) in [6, 6.07) is 72.3. The Kier molecular flexibility index (Phi) is 9.85. The van der Waals surface area contributed by atoms with Gasteiger partial charge < -0.3 is 0 Å². The SMILES string of the molecule is CC1C(C2=CC=CC(C3(c4ccccc4)c4ccccc4-c4ccccc43)C2C)=CC(c2ccccc2)=CC1c1nc(-c2ccccc2)cc(-c2cccc(-c3ccccc3)c2)n1. The summed E-state index contributed by atoms with van der Waals surface area (Å²) >= 11 is 0. The lowest BCUT2D eigenvalue weighted by Gasteiger charge is -2.45. The van der Waals surface area contributed by atoms with Crippen LogP contribution in [-0.2, 0) is 5.41 Å². The Balaban J connectivity index is 1.06. The Hall–Kier alpha value is -7.42. The molecule has 0 saturated carbocycles. The van der Waals surface area contributed by atoms with E-state index in [9.17, 15) is 0 Å². The van der Waals surface area contributed by atoms with Gasteiger partial charge in [-0.2, -0.15) is 0 Å². The van der Waals surface area contributed by atoms with Crippen LogP contribution in [0.4, 0.5) is 0 Å². The van der Waals surface area contributed by atoms with Crippen molar-refractivity contribution in [2.24, 2.45) is 17.8 Å². The first kappa shape index (κ1) is 38.5. The van der Waals surface area contributed by atoms with E-state index < -0.39 is 0 Å². The van der Waals surface area contributed by atoms with Crippen LogP contribution in [0.3, 0.4) is 0 Å². The lowest BCUT2D eigenvalue weighted by atomic mass is 9.57. The van der Waals surface area contributed by atoms with Gasteiger partial charge in [-0.25, -0.2) is 9.97 Å². The van der Waals surface area contributed by atoms with E-state index in [2.05, 4.69) is 244 Å². The highest BCUT2D eigenvalue weighted by Gasteiger charge is 2.52. The number of aromatic nitrogens is 2. The fourth-order valence-corrected chi connectivity index (χ4v) is 10.8. The van der Waals surface area contributed by atoms with Crippen molar-refractivity contribution in [2.75, 3.05) is 0 Å². The van der Waals surface area contributed by atoms with Gasteiger partial charge in [0.2, 0.25) is 0 Å². The van der Waals surface area contributed by atoms with Crippen LogP contribution in [0, 0.1) is 17.8 Å². The number of nitrogens with zero attached hydrogens (tertiary/aromatic N) is 2. The molecule has 302 valence electrons. The van der Waals surface area contributed by atoms with Gasteiger partial charge in [-0.15, -0.1) is 0 Å². The van der Waals surface area contributed by atoms with E-state index in [0.29, 0.717) is 0 Å². The van der Waals surface area contributed by atoms with Crippen molar-refractivity contribution >= 4 is 5.57 Å². The van der Waals surface area contributed by atoms with Gasteiger partial charge in [-0.1, -0.05) is 232 Å². The number of hydrogen-bond acceptors (Lipinski definition) is 2. The normalized spacial score (nSPS) is 19.6. The Morgan fingerprint density at radius 3 is 1.62 bits per heavy atom. The molecule has 1 aromatic heterocycles. The monoisotopic (exact) mass is 808 g/mol. The molecule has 3 aliphatic carbocycles. The molecule has 0 aliphatic heterocycles. The van der Waals surface area contributed by atoms with Crippen LogP contribution in [-0.4, -0.2) is 9.97 Å². The molecular weight excluding hydrogens is 761 g/mol. The zero-order valence-electron chi connectivity index (χ0n) is 35.6. The lowest BCUT2D eigenvalue weighted by molar-refractivity contribution is 0.358. The summed E-state index contributed by atoms with van der Waals surface area (Å²) in [6.45, 7) is 4.85. The zero-order chi connectivity index (χ0) is 42.3. The van der Waals surface area contributed by atoms with Crippen LogP contribution >= 0.6 is 0 Å². The molecule has 7 aromatic carbocycles. The minimum atomic E-state index is -0.379. The van der Waals surface area contributed by atoms with Crippen LogP contribution in [0.5, 0.6) is 0 Å². The first-order chi connectivity index (χ1) is 31.1. The highest BCUT2D eigenvalue weighted by Crippen LogP contribution is 2.60. The van der Waals surface area contributed by atoms with Gasteiger partial charge >= 0.3 is 0 Å². The van der Waals surface area contributed by atoms with Gasteiger partial charge in [-0.3, -0.25) is 0 Å². The molecule has 0 N–H and O–H groups in total. The van der Waals surface area contributed by atoms with Crippen molar-refractivity contribution < 1.29 is 0 Å². The first-order valence-electron chi connectivity index (χ1n) is 22.3. The Bertz CT molecular complexity index is 3040. The molecule has 8 aromatic rings. The highest BCUT2D eigenvalue weighted by atomic mass is 14.9. The molecule has 4 unspecified atom stereocenters. The molecule has 11 rings (SSSR count). The lowest BCUT2D eigenvalue weighted by Crippen LogP contribution is -2.40. The van der Waals surface area contributed by atoms with E-state index in [1.807, 2.05) is 0 Å². The molecular formula is C61H48N2. The fourth-order valence-electron chi connectivity index (χ4n) is 10.8. The second-order valence-corrected chi connectivity index (χ2v) is 17.3. The second-order valence-electron chi connectivity index (χ2n) is 17.3. The molecule has 0 bridgehead atoms. The highest BCUT2D eigenvalue weighted by molar-refractivity contribution is 5.85. The van der Waals surface area contributed by atoms with Crippen molar-refractivity contribution in [2.45, 2.75) is 25.2 Å². The minimum Gasteiger partial charge on any atom is -0.232 e. The van der Waals surface area contributed by atoms with E-state index in [1.165, 1.54) is 61.2 Å². The molecule has 0 spiro atoms. The third-order valence-corrected chi connectivity index (χ3v) is 13.9. The second kappa shape index (κ2) is 16.1. The van der Waals surface area contributed by atoms with Crippen molar-refractivity contribution in [3.63, 3.8) is 0 Å². The molecule has 3 aliphatic rings. The maximum absolute atomic E-state index is 5.53. The molecule has 1 heterocycles. The van der Waals surface area contributed by atoms with Crippen LogP contribution in [0.15, 0.2) is 242 Å². The Morgan fingerprint density at radius 2 is 0.968 bits per heavy atom. The standard InChI is InChI=1S/C61H48N2/c1-41-53(50-33-20-36-55(42(50)2)61(49-29-13-6-14-30-49)56-34-17-15-31-51(56)52-32-16-18-35-57(52)61)38-48(44-23-9-4-10-24-44)39-54(41)60-62-58(45-25-11-5-12-26-45)40-59(63-60)47-28-19-27-46(37-47)43-21-7-3-8-22-43/h3-42,54-55H,1-2H3. The molecule has 0 fully saturated rings. The maximum Gasteiger partial charge on any atom is 0.137 e. The van der Waals surface area contributed by atoms with Crippen molar-refractivity contribution in [1.82, 2.24) is 9.97 Å². The van der Waals surface area contributed by atoms with Crippen molar-refractivity contribution in [1.29, 1.82) is 0 Å². The van der Waals surface area contributed by atoms with Gasteiger partial charge in [-0.05, 0) is 85.2 Å². The van der Waals surface area contributed by atoms with Crippen molar-refractivity contribution in [3.05, 3.63) is 270 Å². The summed E-state index contributed by atoms with van der Waals surface area (Å²) < 4.78 is 0. The molecule has 4 atom stereocenters. The van der Waals surface area contributed by atoms with Crippen LogP contribution < -0.4 is 0 Å². The van der Waals surface area contributed by atoms with E-state index in [1.54, 1.807) is 0 Å². The molecule has 63 heavy (non-hydrogen) atoms. The summed E-state index contributed by atoms with van der Waals surface area (Å²) in [7, 11) is 0. The fraction of sp³-hybridized carbons (Fsp3) is 0.115. The Morgan fingerprint density at radius 1 is 0.444 bits per heavy atom. The van der Waals surface area contributed by atoms with Crippen LogP contribution in [0.25, 0.3) is 50.3 Å². The predicted octanol–water partition coefficient (Wildman–Crippen LogP) is 15.0. The average Bonchev–Trinajstić information content (AvgIpc) is 3.66. The number of benzene rings is 7. The van der Waals surface area contributed by atoms with E-state index in [0.717, 1.165) is 28.3 Å². The van der Waals surface area contributed by atoms with Crippen molar-refractivity contribution in [3.8, 4) is 44.8 Å². The number of hydrogen-bond donors (Lipinski definition) is 0. The molecule has 2 nitrogen and oxygen atoms in total. The predicted molar refractivity (Wildman–Crippen MR) is 261 cm³/mol. The molecule has 2 heteroatoms. The summed E-state index contributed by atoms with van der Waals surface area (Å²) in [5.74, 6) is 1.14. The summed E-state index contributed by atoms with van der Waals surface area (Å²) in [5.41, 5.74) is 17.8. The van der Waals surface area contributed by atoms with Gasteiger partial charge in [0.1, 0.15) is 5.82 Å². The number of fused-ring (bicyclic) bond motifs is 3. The van der Waals surface area contributed by atoms with Gasteiger partial charge in [0.15, 0.2) is 0 Å². The van der Waals surface area contributed by atoms with E-state index in [-0.39, 0.29) is 29.1 Å². The van der Waals surface area contributed by atoms with E-state index >= 15 is 0 Å². The summed E-state index contributed by atoms with van der Waals surface area (Å²) in [6.07, 6.45) is 12.1. The molecule has 0 saturated heterocycles. The first-order valence-corrected chi connectivity index (χ1v) is 22.3. The molecule has 0 amide bonds. The summed E-state index contributed by atoms with van der Waals surface area (Å²) in [4.78, 5) is 11.0. The number of allylic oxidation sites excluding steroid dienone is 8. The maximum atomic E-state index is 5.53. The number of rotatable bonds is 8. The third-order valence-electron chi connectivity index (χ3n) is 13.9. The third kappa shape index (κ3) is 6.65. The average molecular weight is 809 g/mol. The van der Waals surface area contributed by atoms with E-state index in [4.69, 9.17) is 9.97 Å². The summed E-state index contributed by atoms with van der Waals surface area (Å²) in [5, 5.41) is 0. The van der Waals surface area contributed by atoms with Gasteiger partial charge in [0.25, 0.3) is 0 Å². The Labute approximate surface area is 371 Å². The largest absolute Gasteiger partial charge is 0.232 e.